The van der Waals surface area contributed by atoms with Crippen LogP contribution >= 0.6 is 0 Å². The molecule has 2 aromatic carbocycles. The van der Waals surface area contributed by atoms with Crippen LogP contribution in [0.15, 0.2) is 59.5 Å². The third-order valence-corrected chi connectivity index (χ3v) is 7.44. The van der Waals surface area contributed by atoms with E-state index < -0.39 is 10.0 Å². The molecular formula is C27H33N7O4S. The van der Waals surface area contributed by atoms with Crippen molar-refractivity contribution in [1.29, 1.82) is 0 Å². The Labute approximate surface area is 229 Å². The predicted octanol–water partition coefficient (Wildman–Crippen LogP) is 2.37. The van der Waals surface area contributed by atoms with Crippen LogP contribution in [0.5, 0.6) is 0 Å². The van der Waals surface area contributed by atoms with E-state index >= 15 is 0 Å². The van der Waals surface area contributed by atoms with Crippen LogP contribution in [0.4, 0.5) is 17.8 Å². The molecule has 3 aromatic rings. The van der Waals surface area contributed by atoms with E-state index in [1.54, 1.807) is 11.0 Å². The summed E-state index contributed by atoms with van der Waals surface area (Å²) < 4.78 is 33.5. The van der Waals surface area contributed by atoms with E-state index in [2.05, 4.69) is 25.0 Å². The van der Waals surface area contributed by atoms with Gasteiger partial charge < -0.3 is 19.9 Å². The predicted molar refractivity (Wildman–Crippen MR) is 152 cm³/mol. The number of carbonyl (C=O) groups is 1. The molecule has 206 valence electrons. The largest absolute Gasteiger partial charge is 0.378 e. The van der Waals surface area contributed by atoms with E-state index in [-0.39, 0.29) is 23.8 Å². The first-order valence-corrected chi connectivity index (χ1v) is 14.1. The average Bonchev–Trinajstić information content (AvgIpc) is 2.95. The molecule has 0 aliphatic carbocycles. The zero-order chi connectivity index (χ0) is 27.8. The molecule has 1 fully saturated rings. The summed E-state index contributed by atoms with van der Waals surface area (Å²) in [5.74, 6) is 1.19. The van der Waals surface area contributed by atoms with Gasteiger partial charge in [-0.05, 0) is 42.8 Å². The highest BCUT2D eigenvalue weighted by Crippen LogP contribution is 2.17. The van der Waals surface area contributed by atoms with E-state index in [9.17, 15) is 13.2 Å². The zero-order valence-electron chi connectivity index (χ0n) is 22.3. The fourth-order valence-corrected chi connectivity index (χ4v) is 4.76. The van der Waals surface area contributed by atoms with E-state index in [0.29, 0.717) is 49.7 Å². The van der Waals surface area contributed by atoms with Gasteiger partial charge in [0.1, 0.15) is 0 Å². The Morgan fingerprint density at radius 3 is 2.36 bits per heavy atom. The highest BCUT2D eigenvalue weighted by Gasteiger charge is 2.18. The van der Waals surface area contributed by atoms with Crippen molar-refractivity contribution in [2.45, 2.75) is 11.8 Å². The molecule has 0 amide bonds. The van der Waals surface area contributed by atoms with Gasteiger partial charge in [-0.2, -0.15) is 15.0 Å². The van der Waals surface area contributed by atoms with Gasteiger partial charge in [-0.25, -0.2) is 13.1 Å². The molecule has 0 saturated carbocycles. The number of ether oxygens (including phenoxy) is 1. The molecule has 4 rings (SSSR count). The summed E-state index contributed by atoms with van der Waals surface area (Å²) in [6.07, 6.45) is 3.21. The molecule has 12 heteroatoms. The van der Waals surface area contributed by atoms with Crippen LogP contribution in [0, 0.1) is 6.92 Å². The summed E-state index contributed by atoms with van der Waals surface area (Å²) in [5.41, 5.74) is 2.46. The van der Waals surface area contributed by atoms with Crippen LogP contribution in [0.25, 0.3) is 6.08 Å². The number of rotatable bonds is 11. The van der Waals surface area contributed by atoms with E-state index in [4.69, 9.17) is 4.74 Å². The van der Waals surface area contributed by atoms with Crippen LogP contribution in [0.2, 0.25) is 0 Å². The maximum absolute atomic E-state index is 12.8. The molecule has 0 atom stereocenters. The Morgan fingerprint density at radius 1 is 1.00 bits per heavy atom. The minimum atomic E-state index is -3.77. The van der Waals surface area contributed by atoms with Crippen molar-refractivity contribution in [3.05, 3.63) is 71.3 Å². The molecule has 1 aliphatic rings. The maximum atomic E-state index is 12.8. The number of benzene rings is 2. The number of hydrogen-bond acceptors (Lipinski definition) is 10. The molecule has 39 heavy (non-hydrogen) atoms. The van der Waals surface area contributed by atoms with Crippen LogP contribution in [-0.4, -0.2) is 82.6 Å². The third-order valence-electron chi connectivity index (χ3n) is 5.96. The zero-order valence-corrected chi connectivity index (χ0v) is 23.1. The van der Waals surface area contributed by atoms with Crippen molar-refractivity contribution < 1.29 is 17.9 Å². The van der Waals surface area contributed by atoms with Gasteiger partial charge in [0.15, 0.2) is 5.78 Å². The standard InChI is InChI=1S/C27H33N7O4S/c1-20-4-6-21(7-5-20)8-13-24(35)22-9-11-23(12-10-22)39(36,37)29-15-14-28-25-30-26(33(2)3)32-27(31-25)34-16-18-38-19-17-34/h4-13,29H,14-19H2,1-3H3,(H,28,30,31,32)/b13-8+. The molecular weight excluding hydrogens is 518 g/mol. The summed E-state index contributed by atoms with van der Waals surface area (Å²) in [5, 5.41) is 3.07. The molecule has 11 nitrogen and oxygen atoms in total. The lowest BCUT2D eigenvalue weighted by Gasteiger charge is -2.27. The van der Waals surface area contributed by atoms with Crippen LogP contribution in [0.3, 0.4) is 0 Å². The first kappa shape index (κ1) is 28.1. The highest BCUT2D eigenvalue weighted by molar-refractivity contribution is 7.89. The van der Waals surface area contributed by atoms with Gasteiger partial charge in [0, 0.05) is 45.8 Å². The second kappa shape index (κ2) is 12.8. The molecule has 1 aromatic heterocycles. The number of nitrogens with zero attached hydrogens (tertiary/aromatic N) is 5. The number of allylic oxidation sites excluding steroid dienone is 1. The molecule has 2 N–H and O–H groups in total. The lowest BCUT2D eigenvalue weighted by Crippen LogP contribution is -2.38. The number of hydrogen-bond donors (Lipinski definition) is 2. The number of aryl methyl sites for hydroxylation is 1. The Balaban J connectivity index is 1.32. The molecule has 1 aliphatic heterocycles. The van der Waals surface area contributed by atoms with E-state index in [1.807, 2.05) is 50.2 Å². The van der Waals surface area contributed by atoms with Crippen LogP contribution in [0.1, 0.15) is 21.5 Å². The number of ketones is 1. The third kappa shape index (κ3) is 7.82. The number of carbonyl (C=O) groups excluding carboxylic acids is 1. The van der Waals surface area contributed by atoms with Gasteiger partial charge in [0.25, 0.3) is 0 Å². The second-order valence-corrected chi connectivity index (χ2v) is 11.0. The van der Waals surface area contributed by atoms with Gasteiger partial charge >= 0.3 is 0 Å². The lowest BCUT2D eigenvalue weighted by molar-refractivity contribution is 0.104. The normalized spacial score (nSPS) is 14.0. The van der Waals surface area contributed by atoms with Gasteiger partial charge in [-0.15, -0.1) is 0 Å². The fourth-order valence-electron chi connectivity index (χ4n) is 3.72. The molecule has 0 spiro atoms. The quantitative estimate of drug-likeness (QED) is 0.208. The molecule has 0 bridgehead atoms. The number of sulfonamides is 1. The molecule has 0 unspecified atom stereocenters. The van der Waals surface area contributed by atoms with Crippen molar-refractivity contribution in [3.63, 3.8) is 0 Å². The number of nitrogens with one attached hydrogen (secondary N) is 2. The molecule has 2 heterocycles. The summed E-state index contributed by atoms with van der Waals surface area (Å²) in [7, 11) is -0.0807. The fraction of sp³-hybridized carbons (Fsp3) is 0.333. The Kier molecular flexibility index (Phi) is 9.23. The molecule has 0 radical (unpaired) electrons. The summed E-state index contributed by atoms with van der Waals surface area (Å²) in [4.78, 5) is 29.8. The second-order valence-electron chi connectivity index (χ2n) is 9.21. The first-order chi connectivity index (χ1) is 18.7. The topological polar surface area (TPSA) is 130 Å². The Morgan fingerprint density at radius 2 is 1.69 bits per heavy atom. The van der Waals surface area contributed by atoms with Crippen molar-refractivity contribution in [2.75, 3.05) is 68.6 Å². The first-order valence-electron chi connectivity index (χ1n) is 12.6. The SMILES string of the molecule is Cc1ccc(/C=C/C(=O)c2ccc(S(=O)(=O)NCCNc3nc(N(C)C)nc(N4CCOCC4)n3)cc2)cc1. The number of anilines is 3. The molecule has 1 saturated heterocycles. The number of morpholine rings is 1. The van der Waals surface area contributed by atoms with Crippen LogP contribution < -0.4 is 19.8 Å². The van der Waals surface area contributed by atoms with Gasteiger partial charge in [0.05, 0.1) is 18.1 Å². The van der Waals surface area contributed by atoms with Crippen molar-refractivity contribution in [2.24, 2.45) is 0 Å². The maximum Gasteiger partial charge on any atom is 0.240 e. The summed E-state index contributed by atoms with van der Waals surface area (Å²) in [6, 6.07) is 13.7. The summed E-state index contributed by atoms with van der Waals surface area (Å²) in [6.45, 7) is 4.95. The van der Waals surface area contributed by atoms with Crippen molar-refractivity contribution in [1.82, 2.24) is 19.7 Å². The monoisotopic (exact) mass is 551 g/mol. The minimum absolute atomic E-state index is 0.0752. The van der Waals surface area contributed by atoms with Gasteiger partial charge in [-0.3, -0.25) is 4.79 Å². The lowest BCUT2D eigenvalue weighted by atomic mass is 10.1. The Bertz CT molecular complexity index is 1400. The van der Waals surface area contributed by atoms with Gasteiger partial charge in [0.2, 0.25) is 27.9 Å². The number of aromatic nitrogens is 3. The van der Waals surface area contributed by atoms with Crippen molar-refractivity contribution in [3.8, 4) is 0 Å². The minimum Gasteiger partial charge on any atom is -0.378 e. The van der Waals surface area contributed by atoms with Crippen LogP contribution in [-0.2, 0) is 14.8 Å². The smallest absolute Gasteiger partial charge is 0.240 e. The highest BCUT2D eigenvalue weighted by atomic mass is 32.2. The average molecular weight is 552 g/mol. The van der Waals surface area contributed by atoms with Crippen molar-refractivity contribution >= 4 is 39.7 Å². The Hall–Kier alpha value is -3.87. The van der Waals surface area contributed by atoms with E-state index in [1.165, 1.54) is 30.3 Å². The van der Waals surface area contributed by atoms with E-state index in [0.717, 1.165) is 11.1 Å². The van der Waals surface area contributed by atoms with Gasteiger partial charge in [-0.1, -0.05) is 35.9 Å². The summed E-state index contributed by atoms with van der Waals surface area (Å²) >= 11 is 0.